The number of carbonyl (C=O) groups excluding carboxylic acids is 1. The van der Waals surface area contributed by atoms with E-state index >= 15 is 0 Å². The largest absolute Gasteiger partial charge is 0.319 e. The van der Waals surface area contributed by atoms with E-state index in [9.17, 15) is 9.18 Å². The van der Waals surface area contributed by atoms with Crippen LogP contribution >= 0.6 is 11.3 Å². The van der Waals surface area contributed by atoms with Crippen LogP contribution in [0.15, 0.2) is 85.2 Å². The second-order valence-corrected chi connectivity index (χ2v) is 7.80. The number of anilines is 1. The number of amides is 1. The number of aromatic nitrogens is 5. The molecule has 156 valence electrons. The average molecular weight is 442 g/mol. The minimum absolute atomic E-state index is 0.0247. The van der Waals surface area contributed by atoms with E-state index in [1.807, 2.05) is 60.7 Å². The molecule has 0 saturated carbocycles. The molecule has 1 N–H and O–H groups in total. The summed E-state index contributed by atoms with van der Waals surface area (Å²) in [5, 5.41) is 14.3. The van der Waals surface area contributed by atoms with Crippen LogP contribution in [-0.4, -0.2) is 31.1 Å². The van der Waals surface area contributed by atoms with Gasteiger partial charge in [0.1, 0.15) is 22.0 Å². The molecule has 0 bridgehead atoms. The summed E-state index contributed by atoms with van der Waals surface area (Å²) in [5.41, 5.74) is 2.80. The highest BCUT2D eigenvalue weighted by atomic mass is 32.1. The van der Waals surface area contributed by atoms with Gasteiger partial charge in [0, 0.05) is 11.1 Å². The van der Waals surface area contributed by atoms with E-state index in [0.29, 0.717) is 21.3 Å². The molecule has 0 radical (unpaired) electrons. The predicted molar refractivity (Wildman–Crippen MR) is 120 cm³/mol. The van der Waals surface area contributed by atoms with E-state index in [-0.39, 0.29) is 5.69 Å². The lowest BCUT2D eigenvalue weighted by Crippen LogP contribution is -2.13. The Labute approximate surface area is 186 Å². The second-order valence-electron chi connectivity index (χ2n) is 6.80. The maximum Gasteiger partial charge on any atom is 0.268 e. The van der Waals surface area contributed by atoms with Crippen molar-refractivity contribution in [3.63, 3.8) is 0 Å². The highest BCUT2D eigenvalue weighted by molar-refractivity contribution is 7.17. The molecule has 3 aromatic carbocycles. The van der Waals surface area contributed by atoms with Crippen molar-refractivity contribution in [1.82, 2.24) is 25.2 Å². The number of hydrogen-bond donors (Lipinski definition) is 1. The van der Waals surface area contributed by atoms with Gasteiger partial charge < -0.3 is 5.32 Å². The summed E-state index contributed by atoms with van der Waals surface area (Å²) >= 11 is 1.26. The van der Waals surface area contributed by atoms with Crippen LogP contribution in [0.4, 0.5) is 10.1 Å². The topological polar surface area (TPSA) is 85.6 Å². The Kier molecular flexibility index (Phi) is 5.22. The molecule has 0 spiro atoms. The first-order valence-corrected chi connectivity index (χ1v) is 10.5. The minimum atomic E-state index is -0.566. The number of halogens is 1. The van der Waals surface area contributed by atoms with Gasteiger partial charge >= 0.3 is 0 Å². The fourth-order valence-electron chi connectivity index (χ4n) is 3.18. The molecule has 0 atom stereocenters. The number of rotatable bonds is 5. The zero-order valence-corrected chi connectivity index (χ0v) is 17.3. The predicted octanol–water partition coefficient (Wildman–Crippen LogP) is 4.84. The fraction of sp³-hybridized carbons (Fsp3) is 0. The molecule has 5 rings (SSSR count). The van der Waals surface area contributed by atoms with E-state index in [1.165, 1.54) is 40.5 Å². The summed E-state index contributed by atoms with van der Waals surface area (Å²) in [6.45, 7) is 0. The van der Waals surface area contributed by atoms with Crippen molar-refractivity contribution in [2.24, 2.45) is 0 Å². The number of nitrogens with zero attached hydrogens (tertiary/aromatic N) is 5. The number of nitrogens with one attached hydrogen (secondary N) is 1. The van der Waals surface area contributed by atoms with Gasteiger partial charge in [-0.25, -0.2) is 14.1 Å². The zero-order chi connectivity index (χ0) is 21.9. The van der Waals surface area contributed by atoms with Crippen molar-refractivity contribution in [1.29, 1.82) is 0 Å². The van der Waals surface area contributed by atoms with Gasteiger partial charge in [0.05, 0.1) is 17.1 Å². The molecule has 0 fully saturated rings. The van der Waals surface area contributed by atoms with Gasteiger partial charge in [-0.2, -0.15) is 0 Å². The maximum atomic E-state index is 14.5. The van der Waals surface area contributed by atoms with Crippen LogP contribution in [-0.2, 0) is 0 Å². The summed E-state index contributed by atoms with van der Waals surface area (Å²) < 4.78 is 15.9. The lowest BCUT2D eigenvalue weighted by Gasteiger charge is -2.08. The van der Waals surface area contributed by atoms with Crippen molar-refractivity contribution < 1.29 is 9.18 Å². The van der Waals surface area contributed by atoms with Crippen LogP contribution in [0.3, 0.4) is 0 Å². The lowest BCUT2D eigenvalue weighted by atomic mass is 10.1. The Balaban J connectivity index is 1.54. The van der Waals surface area contributed by atoms with Crippen molar-refractivity contribution in [3.8, 4) is 27.5 Å². The lowest BCUT2D eigenvalue weighted by molar-refractivity contribution is 0.103. The van der Waals surface area contributed by atoms with Crippen molar-refractivity contribution in [2.45, 2.75) is 0 Å². The molecule has 0 aliphatic carbocycles. The Morgan fingerprint density at radius 2 is 1.66 bits per heavy atom. The smallest absolute Gasteiger partial charge is 0.268 e. The zero-order valence-electron chi connectivity index (χ0n) is 16.5. The van der Waals surface area contributed by atoms with Crippen molar-refractivity contribution in [2.75, 3.05) is 5.32 Å². The van der Waals surface area contributed by atoms with E-state index in [4.69, 9.17) is 4.98 Å². The molecule has 0 aliphatic rings. The molecule has 9 heteroatoms. The maximum absolute atomic E-state index is 14.5. The summed E-state index contributed by atoms with van der Waals surface area (Å²) in [6.07, 6.45) is 1.39. The number of hydrogen-bond acceptors (Lipinski definition) is 6. The molecule has 0 aliphatic heterocycles. The van der Waals surface area contributed by atoms with Gasteiger partial charge in [-0.3, -0.25) is 4.79 Å². The third-order valence-electron chi connectivity index (χ3n) is 4.71. The Hall–Kier alpha value is -4.24. The Morgan fingerprint density at radius 3 is 2.34 bits per heavy atom. The van der Waals surface area contributed by atoms with Gasteiger partial charge in [0.2, 0.25) is 0 Å². The number of carbonyl (C=O) groups is 1. The summed E-state index contributed by atoms with van der Waals surface area (Å²) in [4.78, 5) is 18.4. The standard InChI is InChI=1S/C23H15FN6OS/c24-18-12-11-17(30-14-25-28-29-30)13-19(18)26-22(31)21-20(15-7-3-1-4-8-15)27-23(32-21)16-9-5-2-6-10-16/h1-14H,(H,26,31). The van der Waals surface area contributed by atoms with E-state index in [0.717, 1.165) is 11.1 Å². The first kappa shape index (κ1) is 19.7. The molecule has 0 unspecified atom stereocenters. The first-order chi connectivity index (χ1) is 15.7. The molecule has 7 nitrogen and oxygen atoms in total. The molecule has 5 aromatic rings. The van der Waals surface area contributed by atoms with Gasteiger partial charge in [-0.1, -0.05) is 60.7 Å². The molecule has 1 amide bonds. The van der Waals surface area contributed by atoms with Gasteiger partial charge in [-0.05, 0) is 28.6 Å². The molecular weight excluding hydrogens is 427 g/mol. The minimum Gasteiger partial charge on any atom is -0.319 e. The molecule has 32 heavy (non-hydrogen) atoms. The average Bonchev–Trinajstić information content (AvgIpc) is 3.52. The van der Waals surface area contributed by atoms with Gasteiger partial charge in [0.15, 0.2) is 0 Å². The summed E-state index contributed by atoms with van der Waals surface area (Å²) in [7, 11) is 0. The third kappa shape index (κ3) is 3.88. The first-order valence-electron chi connectivity index (χ1n) is 9.65. The van der Waals surface area contributed by atoms with E-state index in [2.05, 4.69) is 20.8 Å². The van der Waals surface area contributed by atoms with Crippen LogP contribution in [0.5, 0.6) is 0 Å². The quantitative estimate of drug-likeness (QED) is 0.421. The highest BCUT2D eigenvalue weighted by Crippen LogP contribution is 2.34. The van der Waals surface area contributed by atoms with Crippen LogP contribution in [0, 0.1) is 5.82 Å². The van der Waals surface area contributed by atoms with Crippen LogP contribution in [0.1, 0.15) is 9.67 Å². The molecule has 0 saturated heterocycles. The van der Waals surface area contributed by atoms with Crippen LogP contribution in [0.2, 0.25) is 0 Å². The molecule has 2 aromatic heterocycles. The number of tetrazole rings is 1. The van der Waals surface area contributed by atoms with E-state index in [1.54, 1.807) is 0 Å². The molecular formula is C23H15FN6OS. The van der Waals surface area contributed by atoms with Crippen LogP contribution in [0.25, 0.3) is 27.5 Å². The van der Waals surface area contributed by atoms with Gasteiger partial charge in [0.25, 0.3) is 5.91 Å². The molecule has 2 heterocycles. The third-order valence-corrected chi connectivity index (χ3v) is 5.82. The monoisotopic (exact) mass is 442 g/mol. The Bertz CT molecular complexity index is 1370. The second kappa shape index (κ2) is 8.48. The van der Waals surface area contributed by atoms with E-state index < -0.39 is 11.7 Å². The highest BCUT2D eigenvalue weighted by Gasteiger charge is 2.21. The Morgan fingerprint density at radius 1 is 0.938 bits per heavy atom. The van der Waals surface area contributed by atoms with Crippen molar-refractivity contribution >= 4 is 22.9 Å². The fourth-order valence-corrected chi connectivity index (χ4v) is 4.17. The number of thiazole rings is 1. The normalized spacial score (nSPS) is 10.8. The number of benzene rings is 3. The summed E-state index contributed by atoms with van der Waals surface area (Å²) in [6, 6.07) is 23.3. The van der Waals surface area contributed by atoms with Crippen LogP contribution < -0.4 is 5.32 Å². The van der Waals surface area contributed by atoms with Crippen molar-refractivity contribution in [3.05, 3.63) is 95.9 Å². The SMILES string of the molecule is O=C(Nc1cc(-n2cnnn2)ccc1F)c1sc(-c2ccccc2)nc1-c1ccccc1. The van der Waals surface area contributed by atoms with Gasteiger partial charge in [-0.15, -0.1) is 16.4 Å². The summed E-state index contributed by atoms with van der Waals surface area (Å²) in [5.74, 6) is -1.01.